The Balaban J connectivity index is 1.74. The summed E-state index contributed by atoms with van der Waals surface area (Å²) in [6, 6.07) is 0.587. The highest BCUT2D eigenvalue weighted by Gasteiger charge is 2.38. The van der Waals surface area contributed by atoms with E-state index < -0.39 is 17.9 Å². The van der Waals surface area contributed by atoms with Crippen molar-refractivity contribution >= 4 is 18.2 Å². The second-order valence-corrected chi connectivity index (χ2v) is 7.48. The Kier molecular flexibility index (Phi) is 6.94. The van der Waals surface area contributed by atoms with Gasteiger partial charge in [-0.25, -0.2) is 15.5 Å². The summed E-state index contributed by atoms with van der Waals surface area (Å²) in [5.74, 6) is -1.11. The van der Waals surface area contributed by atoms with E-state index in [1.54, 1.807) is 0 Å². The highest BCUT2D eigenvalue weighted by Crippen LogP contribution is 2.31. The molecular weight excluding hydrogens is 380 g/mol. The number of hydrogen-bond acceptors (Lipinski definition) is 7. The van der Waals surface area contributed by atoms with Crippen LogP contribution in [0.4, 0.5) is 0 Å². The lowest BCUT2D eigenvalue weighted by atomic mass is 9.92. The standard InChI is InChI=1S/C18H26N6O5/c25-12-23(29)10-14(9-13-3-1-2-4-13)18(27)24-15(5-7-20-24)17(26)21-16-6-8-22(28)11-19-16/h6,8,11-15,20,28-29H,1-5,7,9-10H2/t14-,15+/m1/s1. The SMILES string of the molecule is O=CN(O)C[C@@H](CC1CCCC1)C(=O)N1NCC[C@H]1C(=O)N=c1ccn(O)cn1. The van der Waals surface area contributed by atoms with E-state index >= 15 is 0 Å². The summed E-state index contributed by atoms with van der Waals surface area (Å²) >= 11 is 0. The first-order valence-electron chi connectivity index (χ1n) is 9.77. The molecule has 0 radical (unpaired) electrons. The van der Waals surface area contributed by atoms with Crippen LogP contribution < -0.4 is 10.9 Å². The number of amides is 3. The lowest BCUT2D eigenvalue weighted by Gasteiger charge is -2.29. The molecule has 3 rings (SSSR count). The summed E-state index contributed by atoms with van der Waals surface area (Å²) in [6.45, 7) is 0.314. The molecule has 29 heavy (non-hydrogen) atoms. The number of carbonyl (C=O) groups is 3. The average Bonchev–Trinajstić information content (AvgIpc) is 3.40. The third-order valence-electron chi connectivity index (χ3n) is 5.41. The van der Waals surface area contributed by atoms with Crippen molar-refractivity contribution in [3.05, 3.63) is 24.1 Å². The highest BCUT2D eigenvalue weighted by atomic mass is 16.5. The zero-order valence-electron chi connectivity index (χ0n) is 16.1. The summed E-state index contributed by atoms with van der Waals surface area (Å²) in [7, 11) is 0. The van der Waals surface area contributed by atoms with Crippen LogP contribution in [0.5, 0.6) is 0 Å². The molecule has 3 N–H and O–H groups in total. The Morgan fingerprint density at radius 1 is 1.38 bits per heavy atom. The lowest BCUT2D eigenvalue weighted by molar-refractivity contribution is -0.159. The molecule has 0 spiro atoms. The minimum Gasteiger partial charge on any atom is -0.428 e. The van der Waals surface area contributed by atoms with E-state index in [0.29, 0.717) is 30.4 Å². The van der Waals surface area contributed by atoms with Gasteiger partial charge in [-0.2, -0.15) is 9.72 Å². The van der Waals surface area contributed by atoms with E-state index in [9.17, 15) is 24.8 Å². The molecule has 0 bridgehead atoms. The Morgan fingerprint density at radius 2 is 2.14 bits per heavy atom. The zero-order chi connectivity index (χ0) is 20.8. The van der Waals surface area contributed by atoms with Gasteiger partial charge in [-0.3, -0.25) is 24.6 Å². The number of aromatic nitrogens is 2. The second kappa shape index (κ2) is 9.61. The van der Waals surface area contributed by atoms with E-state index in [1.165, 1.54) is 17.3 Å². The number of hydrogen-bond donors (Lipinski definition) is 3. The number of nitrogens with one attached hydrogen (secondary N) is 1. The van der Waals surface area contributed by atoms with Crippen LogP contribution in [0, 0.1) is 11.8 Å². The molecule has 0 aromatic carbocycles. The predicted octanol–water partition coefficient (Wildman–Crippen LogP) is -0.303. The summed E-state index contributed by atoms with van der Waals surface area (Å²) < 4.78 is 0.734. The molecule has 1 aliphatic heterocycles. The van der Waals surface area contributed by atoms with Crippen LogP contribution in [0.15, 0.2) is 23.6 Å². The van der Waals surface area contributed by atoms with Gasteiger partial charge in [0.1, 0.15) is 12.4 Å². The zero-order valence-corrected chi connectivity index (χ0v) is 16.1. The molecule has 1 aromatic rings. The fourth-order valence-corrected chi connectivity index (χ4v) is 3.99. The van der Waals surface area contributed by atoms with Crippen LogP contribution in [-0.4, -0.2) is 67.6 Å². The first-order chi connectivity index (χ1) is 14.0. The van der Waals surface area contributed by atoms with E-state index in [2.05, 4.69) is 15.4 Å². The molecule has 1 aliphatic carbocycles. The molecule has 2 aliphatic rings. The molecular formula is C18H26N6O5. The van der Waals surface area contributed by atoms with Crippen LogP contribution in [-0.2, 0) is 14.4 Å². The highest BCUT2D eigenvalue weighted by molar-refractivity contribution is 5.89. The number of rotatable bonds is 7. The van der Waals surface area contributed by atoms with Crippen LogP contribution in [0.25, 0.3) is 0 Å². The summed E-state index contributed by atoms with van der Waals surface area (Å²) in [6.07, 6.45) is 7.89. The molecule has 1 saturated heterocycles. The second-order valence-electron chi connectivity index (χ2n) is 7.48. The van der Waals surface area contributed by atoms with Gasteiger partial charge in [-0.1, -0.05) is 25.7 Å². The fourth-order valence-electron chi connectivity index (χ4n) is 3.99. The Labute approximate surface area is 167 Å². The van der Waals surface area contributed by atoms with E-state index in [-0.39, 0.29) is 24.3 Å². The van der Waals surface area contributed by atoms with Gasteiger partial charge in [0, 0.05) is 18.8 Å². The molecule has 2 atom stereocenters. The first kappa shape index (κ1) is 20.9. The van der Waals surface area contributed by atoms with Gasteiger partial charge in [0.05, 0.1) is 12.5 Å². The maximum absolute atomic E-state index is 13.2. The monoisotopic (exact) mass is 406 g/mol. The van der Waals surface area contributed by atoms with Gasteiger partial charge < -0.3 is 5.21 Å². The third-order valence-corrected chi connectivity index (χ3v) is 5.41. The van der Waals surface area contributed by atoms with Crippen LogP contribution in [0.3, 0.4) is 0 Å². The maximum atomic E-state index is 13.2. The molecule has 11 nitrogen and oxygen atoms in total. The Bertz CT molecular complexity index is 786. The van der Waals surface area contributed by atoms with E-state index in [4.69, 9.17) is 0 Å². The molecule has 0 unspecified atom stereocenters. The number of nitrogens with zero attached hydrogens (tertiary/aromatic N) is 5. The number of hydroxylamine groups is 2. The molecule has 1 aromatic heterocycles. The van der Waals surface area contributed by atoms with Crippen molar-refractivity contribution in [3.8, 4) is 0 Å². The van der Waals surface area contributed by atoms with Gasteiger partial charge in [-0.05, 0) is 18.8 Å². The van der Waals surface area contributed by atoms with Crippen LogP contribution in [0.2, 0.25) is 0 Å². The quantitative estimate of drug-likeness (QED) is 0.244. The molecule has 3 amide bonds. The topological polar surface area (TPSA) is 140 Å². The van der Waals surface area contributed by atoms with Gasteiger partial charge >= 0.3 is 0 Å². The minimum atomic E-state index is -0.791. The van der Waals surface area contributed by atoms with E-state index in [1.807, 2.05) is 0 Å². The van der Waals surface area contributed by atoms with Crippen molar-refractivity contribution in [3.63, 3.8) is 0 Å². The summed E-state index contributed by atoms with van der Waals surface area (Å²) in [4.78, 5) is 44.4. The van der Waals surface area contributed by atoms with Gasteiger partial charge in [0.15, 0.2) is 5.49 Å². The molecule has 1 saturated carbocycles. The molecule has 11 heteroatoms. The summed E-state index contributed by atoms with van der Waals surface area (Å²) in [5.41, 5.74) is 3.06. The van der Waals surface area contributed by atoms with Gasteiger partial charge in [0.2, 0.25) is 12.3 Å². The van der Waals surface area contributed by atoms with E-state index in [0.717, 1.165) is 36.7 Å². The Morgan fingerprint density at radius 3 is 2.79 bits per heavy atom. The van der Waals surface area contributed by atoms with Gasteiger partial charge in [0.25, 0.3) is 5.91 Å². The van der Waals surface area contributed by atoms with Crippen molar-refractivity contribution in [1.29, 1.82) is 0 Å². The molecule has 158 valence electrons. The maximum Gasteiger partial charge on any atom is 0.272 e. The minimum absolute atomic E-state index is 0.119. The number of carbonyl (C=O) groups excluding carboxylic acids is 3. The van der Waals surface area contributed by atoms with Gasteiger partial charge in [-0.15, -0.1) is 0 Å². The van der Waals surface area contributed by atoms with Crippen molar-refractivity contribution < 1.29 is 24.8 Å². The normalized spacial score (nSPS) is 21.3. The predicted molar refractivity (Wildman–Crippen MR) is 97.9 cm³/mol. The average molecular weight is 406 g/mol. The third kappa shape index (κ3) is 5.39. The fraction of sp³-hybridized carbons (Fsp3) is 0.611. The first-order valence-corrected chi connectivity index (χ1v) is 9.77. The van der Waals surface area contributed by atoms with Crippen LogP contribution in [0.1, 0.15) is 38.5 Å². The summed E-state index contributed by atoms with van der Waals surface area (Å²) in [5, 5.41) is 20.6. The number of hydrazine groups is 1. The van der Waals surface area contributed by atoms with Crippen molar-refractivity contribution in [2.45, 2.75) is 44.6 Å². The smallest absolute Gasteiger partial charge is 0.272 e. The Hall–Kier alpha value is -2.79. The molecule has 2 heterocycles. The largest absolute Gasteiger partial charge is 0.428 e. The van der Waals surface area contributed by atoms with Crippen molar-refractivity contribution in [2.75, 3.05) is 13.1 Å². The van der Waals surface area contributed by atoms with Crippen molar-refractivity contribution in [1.82, 2.24) is 25.2 Å². The lowest BCUT2D eigenvalue weighted by Crippen LogP contribution is -2.50. The molecule has 2 fully saturated rings. The van der Waals surface area contributed by atoms with Crippen LogP contribution >= 0.6 is 0 Å². The van der Waals surface area contributed by atoms with Crippen molar-refractivity contribution in [2.24, 2.45) is 16.8 Å².